The van der Waals surface area contributed by atoms with E-state index >= 15 is 0 Å². The summed E-state index contributed by atoms with van der Waals surface area (Å²) in [5.74, 6) is -0.374. The number of nitrogens with two attached hydrogens (primary N) is 2. The Morgan fingerprint density at radius 1 is 1.33 bits per heavy atom. The lowest BCUT2D eigenvalue weighted by molar-refractivity contribution is -0.125. The molecule has 102 valence electrons. The maximum atomic E-state index is 11.6. The van der Waals surface area contributed by atoms with Crippen LogP contribution >= 0.6 is 12.2 Å². The van der Waals surface area contributed by atoms with Gasteiger partial charge in [-0.25, -0.2) is 4.79 Å². The van der Waals surface area contributed by atoms with Gasteiger partial charge in [-0.1, -0.05) is 19.1 Å². The number of primary amides is 1. The first-order valence-corrected chi connectivity index (χ1v) is 6.31. The summed E-state index contributed by atoms with van der Waals surface area (Å²) in [6.07, 6.45) is 1.63. The van der Waals surface area contributed by atoms with E-state index in [0.29, 0.717) is 4.99 Å². The zero-order valence-electron chi connectivity index (χ0n) is 10.7. The Balaban J connectivity index is 2.55. The van der Waals surface area contributed by atoms with Gasteiger partial charge in [0.15, 0.2) is 0 Å². The molecule has 1 aliphatic heterocycles. The molecule has 0 bridgehead atoms. The number of likely N-dealkylation sites (tertiary alicyclic amines) is 1. The van der Waals surface area contributed by atoms with Crippen molar-refractivity contribution in [3.63, 3.8) is 0 Å². The molecule has 7 heteroatoms. The second-order valence-electron chi connectivity index (χ2n) is 4.99. The molecule has 0 spiro atoms. The van der Waals surface area contributed by atoms with Crippen LogP contribution in [0, 0.1) is 5.41 Å². The van der Waals surface area contributed by atoms with E-state index in [1.165, 1.54) is 0 Å². The Hall–Kier alpha value is -1.21. The lowest BCUT2D eigenvalue weighted by atomic mass is 9.80. The Bertz CT molecular complexity index is 364. The van der Waals surface area contributed by atoms with Crippen LogP contribution < -0.4 is 16.8 Å². The van der Waals surface area contributed by atoms with E-state index in [1.54, 1.807) is 6.92 Å². The zero-order chi connectivity index (χ0) is 13.9. The Morgan fingerprint density at radius 3 is 2.22 bits per heavy atom. The molecule has 3 amide bonds. The number of carbonyl (C=O) groups is 2. The maximum absolute atomic E-state index is 11.6. The lowest BCUT2D eigenvalue weighted by Gasteiger charge is -2.40. The molecule has 1 atom stereocenters. The highest BCUT2D eigenvalue weighted by Crippen LogP contribution is 2.31. The summed E-state index contributed by atoms with van der Waals surface area (Å²) in [5, 5.41) is 2.09. The van der Waals surface area contributed by atoms with Gasteiger partial charge < -0.3 is 11.5 Å². The van der Waals surface area contributed by atoms with Gasteiger partial charge in [-0.15, -0.1) is 0 Å². The summed E-state index contributed by atoms with van der Waals surface area (Å²) in [5.41, 5.74) is 10.5. The minimum Gasteiger partial charge on any atom is -0.393 e. The van der Waals surface area contributed by atoms with Gasteiger partial charge in [-0.05, 0) is 32.9 Å². The van der Waals surface area contributed by atoms with Gasteiger partial charge >= 0.3 is 6.03 Å². The number of thiocarbonyl (C=S) groups is 1. The molecule has 0 aromatic carbocycles. The van der Waals surface area contributed by atoms with Crippen LogP contribution in [0.25, 0.3) is 0 Å². The van der Waals surface area contributed by atoms with Crippen molar-refractivity contribution < 1.29 is 9.59 Å². The van der Waals surface area contributed by atoms with Crippen molar-refractivity contribution in [3.05, 3.63) is 0 Å². The van der Waals surface area contributed by atoms with Crippen LogP contribution in [0.2, 0.25) is 0 Å². The van der Waals surface area contributed by atoms with Gasteiger partial charge in [0.25, 0.3) is 0 Å². The van der Waals surface area contributed by atoms with Gasteiger partial charge in [0.2, 0.25) is 5.91 Å². The zero-order valence-corrected chi connectivity index (χ0v) is 11.5. The topological polar surface area (TPSA) is 101 Å². The van der Waals surface area contributed by atoms with Crippen LogP contribution in [0.5, 0.6) is 0 Å². The third-order valence-corrected chi connectivity index (χ3v) is 4.16. The molecular weight excluding hydrogens is 252 g/mol. The molecule has 0 aliphatic carbocycles. The van der Waals surface area contributed by atoms with Crippen molar-refractivity contribution in [1.29, 1.82) is 0 Å². The van der Waals surface area contributed by atoms with Crippen LogP contribution in [0.1, 0.15) is 26.7 Å². The van der Waals surface area contributed by atoms with Crippen molar-refractivity contribution in [2.75, 3.05) is 13.1 Å². The number of piperidine rings is 1. The molecule has 1 aliphatic rings. The molecule has 0 saturated carbocycles. The van der Waals surface area contributed by atoms with E-state index in [4.69, 9.17) is 23.7 Å². The minimum atomic E-state index is -0.822. The van der Waals surface area contributed by atoms with Gasteiger partial charge in [0.1, 0.15) is 0 Å². The van der Waals surface area contributed by atoms with Crippen molar-refractivity contribution in [2.24, 2.45) is 16.9 Å². The van der Waals surface area contributed by atoms with Crippen molar-refractivity contribution in [3.8, 4) is 0 Å². The average molecular weight is 272 g/mol. The molecule has 18 heavy (non-hydrogen) atoms. The van der Waals surface area contributed by atoms with Gasteiger partial charge in [0.05, 0.1) is 11.0 Å². The predicted molar refractivity (Wildman–Crippen MR) is 72.9 cm³/mol. The van der Waals surface area contributed by atoms with E-state index in [9.17, 15) is 9.59 Å². The van der Waals surface area contributed by atoms with Crippen molar-refractivity contribution >= 4 is 29.1 Å². The highest BCUT2D eigenvalue weighted by atomic mass is 32.1. The minimum absolute atomic E-state index is 0.133. The molecule has 1 heterocycles. The second kappa shape index (κ2) is 5.62. The smallest absolute Gasteiger partial charge is 0.318 e. The summed E-state index contributed by atoms with van der Waals surface area (Å²) in [6, 6.07) is -1.20. The second-order valence-corrected chi connectivity index (χ2v) is 5.43. The molecule has 0 aromatic rings. The molecule has 1 saturated heterocycles. The van der Waals surface area contributed by atoms with Crippen LogP contribution in [0.3, 0.4) is 0 Å². The number of nitrogens with one attached hydrogen (secondary N) is 1. The fraction of sp³-hybridized carbons (Fsp3) is 0.727. The standard InChI is InChI=1S/C11H20N4O2S/c1-7(8(16)14-10(13)17)15-5-3-11(2,4-6-15)9(12)18/h7H,3-6H2,1-2H3,(H2,12,18)(H3,13,14,16,17). The van der Waals surface area contributed by atoms with Gasteiger partial charge in [0, 0.05) is 5.41 Å². The van der Waals surface area contributed by atoms with Crippen LogP contribution in [0.4, 0.5) is 4.79 Å². The highest BCUT2D eigenvalue weighted by molar-refractivity contribution is 7.80. The van der Waals surface area contributed by atoms with Crippen LogP contribution in [-0.4, -0.2) is 41.0 Å². The summed E-state index contributed by atoms with van der Waals surface area (Å²) in [4.78, 5) is 24.8. The largest absolute Gasteiger partial charge is 0.393 e. The average Bonchev–Trinajstić information content (AvgIpc) is 2.28. The van der Waals surface area contributed by atoms with E-state index in [1.807, 2.05) is 11.8 Å². The number of rotatable bonds is 3. The van der Waals surface area contributed by atoms with Gasteiger partial charge in [-0.2, -0.15) is 0 Å². The van der Waals surface area contributed by atoms with Crippen LogP contribution in [0.15, 0.2) is 0 Å². The Kier molecular flexibility index (Phi) is 4.64. The summed E-state index contributed by atoms with van der Waals surface area (Å²) in [7, 11) is 0. The molecule has 1 rings (SSSR count). The SMILES string of the molecule is CC(C(=O)NC(N)=O)N1CCC(C)(C(N)=S)CC1. The number of imide groups is 1. The van der Waals surface area contributed by atoms with E-state index in [-0.39, 0.29) is 17.4 Å². The molecule has 1 unspecified atom stereocenters. The summed E-state index contributed by atoms with van der Waals surface area (Å²) >= 11 is 5.06. The first-order chi connectivity index (χ1) is 8.26. The molecule has 0 radical (unpaired) electrons. The Morgan fingerprint density at radius 2 is 1.83 bits per heavy atom. The number of urea groups is 1. The number of amides is 3. The molecule has 1 fully saturated rings. The molecular formula is C11H20N4O2S. The predicted octanol–water partition coefficient (Wildman–Crippen LogP) is -0.0420. The first kappa shape index (κ1) is 14.8. The summed E-state index contributed by atoms with van der Waals surface area (Å²) in [6.45, 7) is 5.24. The highest BCUT2D eigenvalue weighted by Gasteiger charge is 2.35. The van der Waals surface area contributed by atoms with E-state index < -0.39 is 6.03 Å². The monoisotopic (exact) mass is 272 g/mol. The molecule has 0 aromatic heterocycles. The summed E-state index contributed by atoms with van der Waals surface area (Å²) < 4.78 is 0. The lowest BCUT2D eigenvalue weighted by Crippen LogP contribution is -2.53. The normalized spacial score (nSPS) is 21.0. The molecule has 6 nitrogen and oxygen atoms in total. The quantitative estimate of drug-likeness (QED) is 0.626. The van der Waals surface area contributed by atoms with Crippen molar-refractivity contribution in [2.45, 2.75) is 32.7 Å². The van der Waals surface area contributed by atoms with Crippen LogP contribution in [-0.2, 0) is 4.79 Å². The fourth-order valence-electron chi connectivity index (χ4n) is 2.04. The fourth-order valence-corrected chi connectivity index (χ4v) is 2.25. The van der Waals surface area contributed by atoms with E-state index in [2.05, 4.69) is 5.32 Å². The number of hydrogen-bond donors (Lipinski definition) is 3. The third kappa shape index (κ3) is 3.39. The van der Waals surface area contributed by atoms with E-state index in [0.717, 1.165) is 25.9 Å². The number of nitrogens with zero attached hydrogens (tertiary/aromatic N) is 1. The number of hydrogen-bond acceptors (Lipinski definition) is 4. The third-order valence-electron chi connectivity index (χ3n) is 3.67. The molecule has 5 N–H and O–H groups in total. The number of carbonyl (C=O) groups excluding carboxylic acids is 2. The Labute approximate surface area is 112 Å². The van der Waals surface area contributed by atoms with Crippen molar-refractivity contribution in [1.82, 2.24) is 10.2 Å². The first-order valence-electron chi connectivity index (χ1n) is 5.90. The maximum Gasteiger partial charge on any atom is 0.318 e. The van der Waals surface area contributed by atoms with Gasteiger partial charge in [-0.3, -0.25) is 15.0 Å².